The van der Waals surface area contributed by atoms with E-state index in [-0.39, 0.29) is 52.4 Å². The third-order valence-corrected chi connectivity index (χ3v) is 18.5. The quantitative estimate of drug-likeness (QED) is 0.0354. The average molecular weight is 1170 g/mol. The van der Waals surface area contributed by atoms with Gasteiger partial charge in [-0.25, -0.2) is 0 Å². The maximum absolute atomic E-state index is 14.6. The highest BCUT2D eigenvalue weighted by Crippen LogP contribution is 2.43. The van der Waals surface area contributed by atoms with Crippen LogP contribution in [0.2, 0.25) is 0 Å². The van der Waals surface area contributed by atoms with Gasteiger partial charge in [-0.15, -0.1) is 0 Å². The summed E-state index contributed by atoms with van der Waals surface area (Å²) in [5.41, 5.74) is 18.6. The molecule has 3 aliphatic rings. The number of hydrogen-bond acceptors (Lipinski definition) is 3. The first-order valence-corrected chi connectivity index (χ1v) is 33.8. The lowest BCUT2D eigenvalue weighted by molar-refractivity contribution is -0.131. The number of unbranched alkanes of at least 4 members (excludes halogenated alkanes) is 6. The number of hydrogen-bond donors (Lipinski definition) is 0. The molecule has 0 N–H and O–H groups in total. The lowest BCUT2D eigenvalue weighted by Crippen LogP contribution is -2.25. The van der Waals surface area contributed by atoms with Crippen LogP contribution >= 0.6 is 0 Å². The summed E-state index contributed by atoms with van der Waals surface area (Å²) in [6.07, 6.45) is 62.2. The van der Waals surface area contributed by atoms with E-state index in [1.54, 1.807) is 6.08 Å². The summed E-state index contributed by atoms with van der Waals surface area (Å²) in [5, 5.41) is 0. The molecule has 3 rings (SSSR count). The molecule has 0 aromatic heterocycles. The van der Waals surface area contributed by atoms with Crippen LogP contribution in [-0.4, -0.2) is 17.3 Å². The number of Topliss-reactive ketones (excluding diaryl/α,β-unsaturated/α-hetero) is 2. The molecule has 0 fully saturated rings. The van der Waals surface area contributed by atoms with Crippen molar-refractivity contribution in [2.24, 2.45) is 28.1 Å². The first-order valence-electron chi connectivity index (χ1n) is 33.8. The maximum atomic E-state index is 14.6. The van der Waals surface area contributed by atoms with Gasteiger partial charge in [0.15, 0.2) is 5.78 Å². The van der Waals surface area contributed by atoms with Crippen molar-refractivity contribution in [2.75, 3.05) is 0 Å². The Morgan fingerprint density at radius 2 is 0.779 bits per heavy atom. The van der Waals surface area contributed by atoms with Crippen molar-refractivity contribution in [2.45, 2.75) is 271 Å². The monoisotopic (exact) mass is 1170 g/mol. The molecule has 3 aliphatic carbocycles. The smallest absolute Gasteiger partial charge is 0.156 e. The molecular weight excluding hydrogens is 1040 g/mol. The normalized spacial score (nSPS) is 19.4. The second-order valence-corrected chi connectivity index (χ2v) is 28.4. The molecule has 86 heavy (non-hydrogen) atoms. The summed E-state index contributed by atoms with van der Waals surface area (Å²) >= 11 is 0. The SMILES string of the molecule is C=C(/C=C(C)/C=C/C=C(C)/C=C/C1=C(C)CCCC1(C)C)CCCCCC(CC(=O)/C=C(C)/C=C/C=C(C)/C=C/C1=C(C)CCCC1(C)C)C(=O)CC(CCCCCC(=C)/C=C(C)/C=C/C=C(C)/C=C/C1=C(C)CCCC1(C)C)C(=O)CCCCC. The van der Waals surface area contributed by atoms with E-state index >= 15 is 0 Å². The zero-order valence-electron chi connectivity index (χ0n) is 57.9. The van der Waals surface area contributed by atoms with E-state index in [1.807, 2.05) is 19.1 Å². The van der Waals surface area contributed by atoms with Gasteiger partial charge in [-0.3, -0.25) is 14.4 Å². The van der Waals surface area contributed by atoms with Gasteiger partial charge < -0.3 is 0 Å². The van der Waals surface area contributed by atoms with Gasteiger partial charge in [0.1, 0.15) is 11.6 Å². The molecule has 2 unspecified atom stereocenters. The minimum absolute atomic E-state index is 0.0337. The minimum atomic E-state index is -0.425. The van der Waals surface area contributed by atoms with Crippen LogP contribution in [0.1, 0.15) is 271 Å². The molecule has 472 valence electrons. The van der Waals surface area contributed by atoms with Crippen molar-refractivity contribution >= 4 is 17.3 Å². The Kier molecular flexibility index (Phi) is 33.7. The van der Waals surface area contributed by atoms with Crippen LogP contribution in [-0.2, 0) is 14.4 Å². The number of ketones is 3. The lowest BCUT2D eigenvalue weighted by atomic mass is 9.72. The van der Waals surface area contributed by atoms with Gasteiger partial charge in [-0.05, 0) is 210 Å². The molecule has 0 radical (unpaired) electrons. The highest BCUT2D eigenvalue weighted by Gasteiger charge is 2.30. The van der Waals surface area contributed by atoms with Crippen LogP contribution in [0.25, 0.3) is 0 Å². The minimum Gasteiger partial charge on any atom is -0.299 e. The van der Waals surface area contributed by atoms with Crippen molar-refractivity contribution in [1.29, 1.82) is 0 Å². The standard InChI is InChI=1S/C83H122O3/c1-19-20-23-47-79(85)74(46-27-22-25-35-66(6)58-68(8)40-29-37-63(3)49-52-77-71(11)43-32-55-82(77,15)16)61-80(86)73(60-75(84)59-69(9)41-30-38-64(4)50-53-78-72(12)44-33-56-83(78,17)18)45-26-21-24-34-65(5)57-67(7)39-28-36-62(2)48-51-76-70(10)42-31-54-81(76,13)14/h28-30,36-41,48-53,57-59,73-74H,5-6,19-27,31-35,42-47,54-56,60-61H2,1-4,7-18H3/b39-28+,40-29+,41-30+,51-48+,52-49+,53-50+,62-36+,63-37+,64-38+,67-57+,68-58+,69-59+. The highest BCUT2D eigenvalue weighted by molar-refractivity contribution is 5.96. The summed E-state index contributed by atoms with van der Waals surface area (Å²) in [4.78, 5) is 42.4. The summed E-state index contributed by atoms with van der Waals surface area (Å²) < 4.78 is 0. The molecule has 0 saturated carbocycles. The summed E-state index contributed by atoms with van der Waals surface area (Å²) in [6.45, 7) is 44.6. The van der Waals surface area contributed by atoms with Gasteiger partial charge in [0.25, 0.3) is 0 Å². The number of rotatable bonds is 37. The molecule has 0 aliphatic heterocycles. The molecule has 0 amide bonds. The zero-order chi connectivity index (χ0) is 63.9. The average Bonchev–Trinajstić information content (AvgIpc) is 1.54. The number of allylic oxidation sites excluding steroid dienone is 32. The van der Waals surface area contributed by atoms with E-state index in [4.69, 9.17) is 0 Å². The number of carbonyl (C=O) groups is 3. The van der Waals surface area contributed by atoms with E-state index in [0.717, 1.165) is 98.5 Å². The van der Waals surface area contributed by atoms with E-state index in [0.29, 0.717) is 19.3 Å². The van der Waals surface area contributed by atoms with Crippen molar-refractivity contribution < 1.29 is 14.4 Å². The van der Waals surface area contributed by atoms with Crippen LogP contribution in [0.3, 0.4) is 0 Å². The van der Waals surface area contributed by atoms with Crippen LogP contribution in [0.15, 0.2) is 201 Å². The molecule has 2 atom stereocenters. The first kappa shape index (κ1) is 74.8. The van der Waals surface area contributed by atoms with Gasteiger partial charge in [-0.1, -0.05) is 259 Å². The van der Waals surface area contributed by atoms with E-state index in [2.05, 4.69) is 208 Å². The van der Waals surface area contributed by atoms with E-state index in [1.165, 1.54) is 108 Å². The van der Waals surface area contributed by atoms with Crippen molar-refractivity contribution in [1.82, 2.24) is 0 Å². The summed E-state index contributed by atoms with van der Waals surface area (Å²) in [6, 6.07) is 0. The Balaban J connectivity index is 1.68. The lowest BCUT2D eigenvalue weighted by Gasteiger charge is -2.33. The van der Waals surface area contributed by atoms with Crippen LogP contribution in [0.5, 0.6) is 0 Å². The van der Waals surface area contributed by atoms with E-state index < -0.39 is 5.92 Å². The second-order valence-electron chi connectivity index (χ2n) is 28.4. The molecule has 0 saturated heterocycles. The third-order valence-electron chi connectivity index (χ3n) is 18.5. The molecule has 3 heteroatoms. The van der Waals surface area contributed by atoms with Crippen LogP contribution < -0.4 is 0 Å². The topological polar surface area (TPSA) is 51.2 Å². The largest absolute Gasteiger partial charge is 0.299 e. The van der Waals surface area contributed by atoms with Gasteiger partial charge in [-0.2, -0.15) is 0 Å². The Morgan fingerprint density at radius 3 is 1.14 bits per heavy atom. The fraction of sp³-hybridized carbons (Fsp3) is 0.554. The van der Waals surface area contributed by atoms with Gasteiger partial charge in [0.05, 0.1) is 0 Å². The molecule has 0 aromatic carbocycles. The maximum Gasteiger partial charge on any atom is 0.156 e. The van der Waals surface area contributed by atoms with Crippen molar-refractivity contribution in [3.63, 3.8) is 0 Å². The number of carbonyl (C=O) groups excluding carboxylic acids is 3. The Morgan fingerprint density at radius 1 is 0.430 bits per heavy atom. The molecule has 0 heterocycles. The van der Waals surface area contributed by atoms with Gasteiger partial charge in [0.2, 0.25) is 0 Å². The Bertz CT molecular complexity index is 2780. The van der Waals surface area contributed by atoms with Crippen LogP contribution in [0.4, 0.5) is 0 Å². The molecule has 0 aromatic rings. The van der Waals surface area contributed by atoms with Gasteiger partial charge in [0, 0.05) is 31.1 Å². The second kappa shape index (κ2) is 38.8. The predicted octanol–water partition coefficient (Wildman–Crippen LogP) is 24.9. The molecule has 0 spiro atoms. The zero-order valence-corrected chi connectivity index (χ0v) is 57.9. The van der Waals surface area contributed by atoms with Crippen LogP contribution in [0, 0.1) is 28.1 Å². The summed E-state index contributed by atoms with van der Waals surface area (Å²) in [7, 11) is 0. The molecule has 0 bridgehead atoms. The van der Waals surface area contributed by atoms with Crippen molar-refractivity contribution in [3.05, 3.63) is 201 Å². The summed E-state index contributed by atoms with van der Waals surface area (Å²) in [5.74, 6) is -0.508. The fourth-order valence-corrected chi connectivity index (χ4v) is 13.1. The van der Waals surface area contributed by atoms with Crippen molar-refractivity contribution in [3.8, 4) is 0 Å². The third kappa shape index (κ3) is 29.1. The predicted molar refractivity (Wildman–Crippen MR) is 378 cm³/mol. The fourth-order valence-electron chi connectivity index (χ4n) is 13.1. The highest BCUT2D eigenvalue weighted by atomic mass is 16.1. The Labute approximate surface area is 528 Å². The first-order chi connectivity index (χ1) is 40.6. The van der Waals surface area contributed by atoms with E-state index in [9.17, 15) is 14.4 Å². The Hall–Kier alpha value is -5.41. The molecular formula is C83H122O3. The molecule has 3 nitrogen and oxygen atoms in total. The van der Waals surface area contributed by atoms with Gasteiger partial charge >= 0.3 is 0 Å².